The normalized spacial score (nSPS) is 15.0. The Labute approximate surface area is 136 Å². The molecule has 0 aliphatic carbocycles. The lowest BCUT2D eigenvalue weighted by Gasteiger charge is -2.30. The molecule has 1 unspecified atom stereocenters. The molecule has 0 fully saturated rings. The summed E-state index contributed by atoms with van der Waals surface area (Å²) in [7, 11) is -0.447. The predicted molar refractivity (Wildman–Crippen MR) is 89.5 cm³/mol. The largest absolute Gasteiger partial charge is 0.756 e. The van der Waals surface area contributed by atoms with Gasteiger partial charge in [0.05, 0.1) is 20.6 Å². The lowest BCUT2D eigenvalue weighted by Crippen LogP contribution is -2.43. The van der Waals surface area contributed by atoms with Crippen LogP contribution < -0.4 is 4.89 Å². The summed E-state index contributed by atoms with van der Waals surface area (Å²) in [6, 6.07) is 0. The first kappa shape index (κ1) is 22.1. The maximum atomic E-state index is 10.5. The molecule has 0 aromatic heterocycles. The van der Waals surface area contributed by atoms with E-state index in [4.69, 9.17) is 4.89 Å². The third kappa shape index (κ3) is 16.4. The standard InChI is InChI=1S/C16H36NO4P/c1-4-5-6-7-8-9-10-11-12-13-14-17(2,3)15-16-21-22(18,19)20/h4-16H2,1-3H3,(H-,18,19,20). The third-order valence-corrected chi connectivity index (χ3v) is 4.58. The summed E-state index contributed by atoms with van der Waals surface area (Å²) in [5.74, 6) is 0. The molecule has 0 rings (SSSR count). The molecule has 0 bridgehead atoms. The van der Waals surface area contributed by atoms with E-state index < -0.39 is 7.82 Å². The molecule has 0 aliphatic heterocycles. The third-order valence-electron chi connectivity index (χ3n) is 4.07. The Kier molecular flexibility index (Phi) is 12.5. The fraction of sp³-hybridized carbons (Fsp3) is 1.00. The second kappa shape index (κ2) is 12.5. The van der Waals surface area contributed by atoms with Crippen LogP contribution in [0.2, 0.25) is 0 Å². The number of likely N-dealkylation sites (N-methyl/N-ethyl adjacent to an activating group) is 1. The Balaban J connectivity index is 3.43. The zero-order valence-corrected chi connectivity index (χ0v) is 15.7. The molecule has 0 saturated heterocycles. The average molecular weight is 337 g/mol. The maximum Gasteiger partial charge on any atom is 0.265 e. The Morgan fingerprint density at radius 3 is 1.82 bits per heavy atom. The van der Waals surface area contributed by atoms with Gasteiger partial charge in [-0.3, -0.25) is 4.57 Å². The van der Waals surface area contributed by atoms with Gasteiger partial charge in [-0.15, -0.1) is 0 Å². The van der Waals surface area contributed by atoms with E-state index in [2.05, 4.69) is 25.5 Å². The number of hydrogen-bond donors (Lipinski definition) is 1. The number of rotatable bonds is 15. The first-order valence-electron chi connectivity index (χ1n) is 8.77. The van der Waals surface area contributed by atoms with E-state index in [-0.39, 0.29) is 6.61 Å². The second-order valence-corrected chi connectivity index (χ2v) is 8.06. The summed E-state index contributed by atoms with van der Waals surface area (Å²) in [5.41, 5.74) is 0. The van der Waals surface area contributed by atoms with Crippen molar-refractivity contribution in [3.05, 3.63) is 0 Å². The van der Waals surface area contributed by atoms with Crippen molar-refractivity contribution in [2.75, 3.05) is 33.8 Å². The van der Waals surface area contributed by atoms with Crippen LogP contribution in [0.15, 0.2) is 0 Å². The van der Waals surface area contributed by atoms with Gasteiger partial charge in [0.15, 0.2) is 0 Å². The highest BCUT2D eigenvalue weighted by Crippen LogP contribution is 2.29. The van der Waals surface area contributed by atoms with Gasteiger partial charge in [-0.1, -0.05) is 58.3 Å². The molecule has 1 N–H and O–H groups in total. The van der Waals surface area contributed by atoms with Crippen molar-refractivity contribution in [2.45, 2.75) is 71.1 Å². The summed E-state index contributed by atoms with van der Waals surface area (Å²) >= 11 is 0. The van der Waals surface area contributed by atoms with Crippen LogP contribution in [0.5, 0.6) is 0 Å². The molecule has 1 atom stereocenters. The van der Waals surface area contributed by atoms with Gasteiger partial charge >= 0.3 is 0 Å². The minimum absolute atomic E-state index is 0.0437. The number of phosphoric acid groups is 1. The van der Waals surface area contributed by atoms with Crippen molar-refractivity contribution in [1.82, 2.24) is 0 Å². The number of nitrogens with zero attached hydrogens (tertiary/aromatic N) is 1. The minimum Gasteiger partial charge on any atom is -0.756 e. The Bertz CT molecular complexity index is 305. The summed E-state index contributed by atoms with van der Waals surface area (Å²) < 4.78 is 15.6. The van der Waals surface area contributed by atoms with Gasteiger partial charge in [-0.05, 0) is 12.8 Å². The Morgan fingerprint density at radius 1 is 0.909 bits per heavy atom. The summed E-state index contributed by atoms with van der Waals surface area (Å²) in [6.45, 7) is 3.88. The lowest BCUT2D eigenvalue weighted by atomic mass is 10.1. The van der Waals surface area contributed by atoms with Gasteiger partial charge in [0.25, 0.3) is 7.82 Å². The van der Waals surface area contributed by atoms with Crippen molar-refractivity contribution < 1.29 is 23.4 Å². The second-order valence-electron chi connectivity index (χ2n) is 6.87. The smallest absolute Gasteiger partial charge is 0.265 e. The quantitative estimate of drug-likeness (QED) is 0.282. The van der Waals surface area contributed by atoms with Gasteiger partial charge < -0.3 is 18.8 Å². The molecule has 0 amide bonds. The zero-order valence-electron chi connectivity index (χ0n) is 14.8. The molecule has 0 radical (unpaired) electrons. The molecule has 5 nitrogen and oxygen atoms in total. The van der Waals surface area contributed by atoms with Crippen molar-refractivity contribution in [2.24, 2.45) is 0 Å². The molecule has 22 heavy (non-hydrogen) atoms. The SMILES string of the molecule is CCCCCCCCCCCC[N+](C)(C)CCOP(=O)([O-])O. The molecule has 0 heterocycles. The van der Waals surface area contributed by atoms with Gasteiger partial charge in [0.1, 0.15) is 13.2 Å². The van der Waals surface area contributed by atoms with E-state index in [1.807, 2.05) is 0 Å². The van der Waals surface area contributed by atoms with Gasteiger partial charge in [-0.25, -0.2) is 0 Å². The summed E-state index contributed by atoms with van der Waals surface area (Å²) in [4.78, 5) is 19.1. The monoisotopic (exact) mass is 337 g/mol. The van der Waals surface area contributed by atoms with Crippen LogP contribution in [0, 0.1) is 0 Å². The van der Waals surface area contributed by atoms with Crippen molar-refractivity contribution in [3.8, 4) is 0 Å². The molecule has 6 heteroatoms. The van der Waals surface area contributed by atoms with Crippen LogP contribution in [0.3, 0.4) is 0 Å². The maximum absolute atomic E-state index is 10.5. The minimum atomic E-state index is -4.57. The van der Waals surface area contributed by atoms with E-state index in [1.54, 1.807) is 0 Å². The van der Waals surface area contributed by atoms with E-state index >= 15 is 0 Å². The molecule has 0 saturated carbocycles. The van der Waals surface area contributed by atoms with Gasteiger partial charge in [0.2, 0.25) is 0 Å². The molecule has 0 aromatic rings. The number of unbranched alkanes of at least 4 members (excludes halogenated alkanes) is 9. The van der Waals surface area contributed by atoms with Gasteiger partial charge in [-0.2, -0.15) is 0 Å². The molecule has 0 aliphatic rings. The van der Waals surface area contributed by atoms with Crippen molar-refractivity contribution in [1.29, 1.82) is 0 Å². The van der Waals surface area contributed by atoms with Gasteiger partial charge in [0, 0.05) is 0 Å². The highest BCUT2D eigenvalue weighted by atomic mass is 31.2. The van der Waals surface area contributed by atoms with E-state index in [0.29, 0.717) is 6.54 Å². The lowest BCUT2D eigenvalue weighted by molar-refractivity contribution is -0.890. The predicted octanol–water partition coefficient (Wildman–Crippen LogP) is 3.46. The average Bonchev–Trinajstić information content (AvgIpc) is 2.39. The van der Waals surface area contributed by atoms with E-state index in [0.717, 1.165) is 17.4 Å². The molecule has 0 aromatic carbocycles. The fourth-order valence-corrected chi connectivity index (χ4v) is 2.85. The molecular formula is C16H36NO4P. The van der Waals surface area contributed by atoms with Crippen LogP contribution in [0.4, 0.5) is 0 Å². The van der Waals surface area contributed by atoms with E-state index in [1.165, 1.54) is 57.8 Å². The van der Waals surface area contributed by atoms with Crippen LogP contribution in [0.25, 0.3) is 0 Å². The Hall–Kier alpha value is 0.0700. The van der Waals surface area contributed by atoms with Crippen LogP contribution >= 0.6 is 7.82 Å². The first-order valence-corrected chi connectivity index (χ1v) is 10.3. The zero-order chi connectivity index (χ0) is 16.9. The van der Waals surface area contributed by atoms with Crippen LogP contribution in [-0.2, 0) is 9.09 Å². The van der Waals surface area contributed by atoms with Crippen LogP contribution in [0.1, 0.15) is 71.1 Å². The highest BCUT2D eigenvalue weighted by molar-refractivity contribution is 7.44. The molecule has 134 valence electrons. The highest BCUT2D eigenvalue weighted by Gasteiger charge is 2.15. The van der Waals surface area contributed by atoms with Crippen molar-refractivity contribution >= 4 is 7.82 Å². The number of quaternary nitrogens is 1. The topological polar surface area (TPSA) is 69.6 Å². The van der Waals surface area contributed by atoms with Crippen molar-refractivity contribution in [3.63, 3.8) is 0 Å². The summed E-state index contributed by atoms with van der Waals surface area (Å²) in [5, 5.41) is 0. The summed E-state index contributed by atoms with van der Waals surface area (Å²) in [6.07, 6.45) is 13.2. The fourth-order valence-electron chi connectivity index (χ4n) is 2.54. The number of phosphoric ester groups is 1. The number of hydrogen-bond acceptors (Lipinski definition) is 3. The molecular weight excluding hydrogens is 301 g/mol. The van der Waals surface area contributed by atoms with Crippen LogP contribution in [-0.4, -0.2) is 43.2 Å². The molecule has 0 spiro atoms. The first-order chi connectivity index (χ1) is 10.3. The van der Waals surface area contributed by atoms with E-state index in [9.17, 15) is 9.46 Å². The Morgan fingerprint density at radius 2 is 1.36 bits per heavy atom.